The van der Waals surface area contributed by atoms with Crippen LogP contribution in [-0.4, -0.2) is 6.54 Å². The van der Waals surface area contributed by atoms with E-state index in [1.807, 2.05) is 0 Å². The van der Waals surface area contributed by atoms with E-state index >= 15 is 0 Å². The molecule has 3 rings (SSSR count). The fraction of sp³-hybridized carbons (Fsp3) is 0.667. The molecule has 1 aromatic carbocycles. The van der Waals surface area contributed by atoms with E-state index in [1.165, 1.54) is 51.4 Å². The molecule has 0 radical (unpaired) electrons. The fourth-order valence-corrected chi connectivity index (χ4v) is 3.31. The van der Waals surface area contributed by atoms with E-state index in [0.717, 1.165) is 12.5 Å². The number of benzene rings is 1. The van der Waals surface area contributed by atoms with Gasteiger partial charge in [-0.3, -0.25) is 0 Å². The second kappa shape index (κ2) is 6.09. The maximum absolute atomic E-state index is 3.76. The molecule has 0 saturated heterocycles. The van der Waals surface area contributed by atoms with Gasteiger partial charge < -0.3 is 5.32 Å². The monoisotopic (exact) mass is 257 g/mol. The first-order valence-corrected chi connectivity index (χ1v) is 8.22. The fourth-order valence-electron chi connectivity index (χ4n) is 3.31. The molecule has 104 valence electrons. The van der Waals surface area contributed by atoms with Crippen LogP contribution < -0.4 is 5.32 Å². The van der Waals surface area contributed by atoms with Crippen LogP contribution in [0.1, 0.15) is 68.2 Å². The van der Waals surface area contributed by atoms with Crippen molar-refractivity contribution in [2.45, 2.75) is 64.3 Å². The van der Waals surface area contributed by atoms with E-state index in [2.05, 4.69) is 30.4 Å². The third-order valence-corrected chi connectivity index (χ3v) is 4.68. The van der Waals surface area contributed by atoms with Gasteiger partial charge >= 0.3 is 0 Å². The first-order valence-electron chi connectivity index (χ1n) is 8.22. The molecule has 1 saturated carbocycles. The van der Waals surface area contributed by atoms with Gasteiger partial charge in [0, 0.05) is 6.04 Å². The van der Waals surface area contributed by atoms with Crippen LogP contribution in [0.3, 0.4) is 0 Å². The third kappa shape index (κ3) is 3.39. The Morgan fingerprint density at radius 1 is 1.16 bits per heavy atom. The standard InChI is InChI=1S/C18H27N/c1-2-11-19-18(12-14-7-8-14)17-10-9-15-5-3-4-6-16(15)13-17/h9-10,13-14,18-19H,2-8,11-12H2,1H3. The molecule has 19 heavy (non-hydrogen) atoms. The predicted molar refractivity (Wildman–Crippen MR) is 81.5 cm³/mol. The average molecular weight is 257 g/mol. The molecule has 0 aromatic heterocycles. The lowest BCUT2D eigenvalue weighted by atomic mass is 9.88. The first kappa shape index (κ1) is 13.2. The Bertz CT molecular complexity index is 420. The van der Waals surface area contributed by atoms with Gasteiger partial charge in [0.05, 0.1) is 0 Å². The Morgan fingerprint density at radius 3 is 2.68 bits per heavy atom. The summed E-state index contributed by atoms with van der Waals surface area (Å²) in [5, 5.41) is 3.76. The molecular weight excluding hydrogens is 230 g/mol. The third-order valence-electron chi connectivity index (χ3n) is 4.68. The van der Waals surface area contributed by atoms with Crippen molar-refractivity contribution < 1.29 is 0 Å². The summed E-state index contributed by atoms with van der Waals surface area (Å²) >= 11 is 0. The molecule has 1 fully saturated rings. The molecule has 2 aliphatic carbocycles. The minimum absolute atomic E-state index is 0.597. The number of rotatable bonds is 6. The topological polar surface area (TPSA) is 12.0 Å². The highest BCUT2D eigenvalue weighted by Crippen LogP contribution is 2.38. The van der Waals surface area contributed by atoms with E-state index in [-0.39, 0.29) is 0 Å². The van der Waals surface area contributed by atoms with Crippen molar-refractivity contribution in [2.24, 2.45) is 5.92 Å². The lowest BCUT2D eigenvalue weighted by Crippen LogP contribution is -2.23. The van der Waals surface area contributed by atoms with Gasteiger partial charge in [0.1, 0.15) is 0 Å². The molecule has 1 atom stereocenters. The first-order chi connectivity index (χ1) is 9.36. The highest BCUT2D eigenvalue weighted by molar-refractivity contribution is 5.35. The Morgan fingerprint density at radius 2 is 1.95 bits per heavy atom. The van der Waals surface area contributed by atoms with Crippen LogP contribution in [0.15, 0.2) is 18.2 Å². The minimum Gasteiger partial charge on any atom is -0.310 e. The van der Waals surface area contributed by atoms with Gasteiger partial charge in [-0.25, -0.2) is 0 Å². The van der Waals surface area contributed by atoms with Crippen LogP contribution >= 0.6 is 0 Å². The van der Waals surface area contributed by atoms with Crippen LogP contribution in [0.2, 0.25) is 0 Å². The zero-order valence-electron chi connectivity index (χ0n) is 12.3. The lowest BCUT2D eigenvalue weighted by Gasteiger charge is -2.22. The van der Waals surface area contributed by atoms with Gasteiger partial charge in [-0.1, -0.05) is 38.0 Å². The second-order valence-corrected chi connectivity index (χ2v) is 6.42. The van der Waals surface area contributed by atoms with Crippen LogP contribution in [0, 0.1) is 5.92 Å². The van der Waals surface area contributed by atoms with Crippen molar-refractivity contribution >= 4 is 0 Å². The minimum atomic E-state index is 0.597. The number of nitrogens with one attached hydrogen (secondary N) is 1. The quantitative estimate of drug-likeness (QED) is 0.796. The number of hydrogen-bond acceptors (Lipinski definition) is 1. The molecule has 0 heterocycles. The molecule has 2 aliphatic rings. The van der Waals surface area contributed by atoms with Gasteiger partial charge in [-0.05, 0) is 67.7 Å². The molecule has 1 heteroatoms. The van der Waals surface area contributed by atoms with Crippen molar-refractivity contribution in [2.75, 3.05) is 6.54 Å². The van der Waals surface area contributed by atoms with E-state index in [4.69, 9.17) is 0 Å². The highest BCUT2D eigenvalue weighted by Gasteiger charge is 2.26. The van der Waals surface area contributed by atoms with E-state index in [1.54, 1.807) is 16.7 Å². The van der Waals surface area contributed by atoms with Gasteiger partial charge in [-0.2, -0.15) is 0 Å². The molecule has 1 unspecified atom stereocenters. The second-order valence-electron chi connectivity index (χ2n) is 6.42. The van der Waals surface area contributed by atoms with Gasteiger partial charge in [0.15, 0.2) is 0 Å². The van der Waals surface area contributed by atoms with Crippen molar-refractivity contribution in [1.82, 2.24) is 5.32 Å². The zero-order chi connectivity index (χ0) is 13.1. The van der Waals surface area contributed by atoms with E-state index < -0.39 is 0 Å². The number of fused-ring (bicyclic) bond motifs is 1. The van der Waals surface area contributed by atoms with Gasteiger partial charge in [-0.15, -0.1) is 0 Å². The summed E-state index contributed by atoms with van der Waals surface area (Å²) in [7, 11) is 0. The maximum Gasteiger partial charge on any atom is 0.0322 e. The van der Waals surface area contributed by atoms with Crippen LogP contribution in [-0.2, 0) is 12.8 Å². The Kier molecular flexibility index (Phi) is 4.22. The van der Waals surface area contributed by atoms with E-state index in [0.29, 0.717) is 6.04 Å². The maximum atomic E-state index is 3.76. The summed E-state index contributed by atoms with van der Waals surface area (Å²) in [6.45, 7) is 3.41. The van der Waals surface area contributed by atoms with Crippen LogP contribution in [0.4, 0.5) is 0 Å². The Hall–Kier alpha value is -0.820. The molecule has 0 amide bonds. The van der Waals surface area contributed by atoms with Gasteiger partial charge in [0.2, 0.25) is 0 Å². The van der Waals surface area contributed by atoms with E-state index in [9.17, 15) is 0 Å². The van der Waals surface area contributed by atoms with Crippen molar-refractivity contribution in [3.8, 4) is 0 Å². The summed E-state index contributed by atoms with van der Waals surface area (Å²) in [6.07, 6.45) is 10.8. The number of aryl methyl sites for hydroxylation is 2. The molecule has 1 N–H and O–H groups in total. The molecular formula is C18H27N. The normalized spacial score (nSPS) is 20.1. The summed E-state index contributed by atoms with van der Waals surface area (Å²) < 4.78 is 0. The van der Waals surface area contributed by atoms with Crippen LogP contribution in [0.5, 0.6) is 0 Å². The van der Waals surface area contributed by atoms with Gasteiger partial charge in [0.25, 0.3) is 0 Å². The SMILES string of the molecule is CCCNC(CC1CC1)c1ccc2c(c1)CCCC2. The summed E-state index contributed by atoms with van der Waals surface area (Å²) in [6, 6.07) is 7.89. The molecule has 0 bridgehead atoms. The van der Waals surface area contributed by atoms with Crippen molar-refractivity contribution in [3.63, 3.8) is 0 Å². The molecule has 1 nitrogen and oxygen atoms in total. The van der Waals surface area contributed by atoms with Crippen molar-refractivity contribution in [3.05, 3.63) is 34.9 Å². The van der Waals surface area contributed by atoms with Crippen LogP contribution in [0.25, 0.3) is 0 Å². The molecule has 0 spiro atoms. The molecule has 1 aromatic rings. The summed E-state index contributed by atoms with van der Waals surface area (Å²) in [5.41, 5.74) is 4.78. The largest absolute Gasteiger partial charge is 0.310 e. The Labute approximate surface area is 117 Å². The smallest absolute Gasteiger partial charge is 0.0322 e. The Balaban J connectivity index is 1.75. The zero-order valence-corrected chi connectivity index (χ0v) is 12.3. The van der Waals surface area contributed by atoms with Crippen molar-refractivity contribution in [1.29, 1.82) is 0 Å². The lowest BCUT2D eigenvalue weighted by molar-refractivity contribution is 0.473. The highest BCUT2D eigenvalue weighted by atomic mass is 14.9. The predicted octanol–water partition coefficient (Wildman–Crippen LogP) is 4.41. The summed E-state index contributed by atoms with van der Waals surface area (Å²) in [4.78, 5) is 0. The summed E-state index contributed by atoms with van der Waals surface area (Å²) in [5.74, 6) is 0.991. The molecule has 0 aliphatic heterocycles. The average Bonchev–Trinajstić information content (AvgIpc) is 3.27. The number of hydrogen-bond donors (Lipinski definition) is 1.